The number of ether oxygens (including phenoxy) is 1. The van der Waals surface area contributed by atoms with Crippen LogP contribution in [-0.2, 0) is 15.8 Å². The molecule has 0 aliphatic rings. The third-order valence-corrected chi connectivity index (χ3v) is 4.42. The van der Waals surface area contributed by atoms with Crippen molar-refractivity contribution in [3.05, 3.63) is 58.6 Å². The molecule has 0 bridgehead atoms. The van der Waals surface area contributed by atoms with E-state index in [0.29, 0.717) is 5.56 Å². The van der Waals surface area contributed by atoms with Crippen LogP contribution in [0.4, 0.5) is 18.9 Å². The van der Waals surface area contributed by atoms with Crippen molar-refractivity contribution in [2.24, 2.45) is 0 Å². The minimum Gasteiger partial charge on any atom is -0.406 e. The van der Waals surface area contributed by atoms with Gasteiger partial charge in [0.1, 0.15) is 5.75 Å². The molecule has 0 fully saturated rings. The summed E-state index contributed by atoms with van der Waals surface area (Å²) in [7, 11) is -3.68. The summed E-state index contributed by atoms with van der Waals surface area (Å²) in [5.74, 6) is -0.672. The first kappa shape index (κ1) is 17.6. The molecule has 0 aliphatic heterocycles. The molecule has 0 amide bonds. The lowest BCUT2D eigenvalue weighted by Gasteiger charge is -2.11. The fraction of sp³-hybridized carbons (Fsp3) is 0.143. The normalized spacial score (nSPS) is 12.0. The number of hydrogen-bond acceptors (Lipinski definition) is 3. The predicted molar refractivity (Wildman–Crippen MR) is 83.5 cm³/mol. The zero-order chi connectivity index (χ0) is 17.1. The third kappa shape index (κ3) is 6.11. The standard InChI is InChI=1S/C14H11BrF3NO3S/c15-11-3-1-10(2-4-11)9-23(20,21)19-12-5-7-13(8-6-12)22-14(16,17)18/h1-8,19H,9H2. The fourth-order valence-electron chi connectivity index (χ4n) is 1.74. The van der Waals surface area contributed by atoms with Gasteiger partial charge in [-0.1, -0.05) is 28.1 Å². The highest BCUT2D eigenvalue weighted by atomic mass is 79.9. The van der Waals surface area contributed by atoms with Gasteiger partial charge in [0.2, 0.25) is 10.0 Å². The Morgan fingerprint density at radius 1 is 1.00 bits per heavy atom. The summed E-state index contributed by atoms with van der Waals surface area (Å²) in [5.41, 5.74) is 0.731. The molecule has 0 atom stereocenters. The summed E-state index contributed by atoms with van der Waals surface area (Å²) < 4.78 is 67.0. The van der Waals surface area contributed by atoms with Crippen LogP contribution in [0.5, 0.6) is 5.75 Å². The number of nitrogens with one attached hydrogen (secondary N) is 1. The van der Waals surface area contributed by atoms with Crippen molar-refractivity contribution in [1.82, 2.24) is 0 Å². The van der Waals surface area contributed by atoms with Crippen LogP contribution < -0.4 is 9.46 Å². The van der Waals surface area contributed by atoms with Gasteiger partial charge in [-0.2, -0.15) is 0 Å². The number of anilines is 1. The molecule has 0 aromatic heterocycles. The van der Waals surface area contributed by atoms with Crippen molar-refractivity contribution >= 4 is 31.6 Å². The van der Waals surface area contributed by atoms with Gasteiger partial charge >= 0.3 is 6.36 Å². The largest absolute Gasteiger partial charge is 0.573 e. The highest BCUT2D eigenvalue weighted by Crippen LogP contribution is 2.24. The van der Waals surface area contributed by atoms with Gasteiger partial charge in [-0.15, -0.1) is 13.2 Å². The molecule has 0 saturated carbocycles. The van der Waals surface area contributed by atoms with Crippen LogP contribution in [-0.4, -0.2) is 14.8 Å². The lowest BCUT2D eigenvalue weighted by molar-refractivity contribution is -0.274. The Labute approximate surface area is 139 Å². The first-order valence-corrected chi connectivity index (χ1v) is 8.68. The van der Waals surface area contributed by atoms with E-state index in [4.69, 9.17) is 0 Å². The molecule has 2 aromatic rings. The SMILES string of the molecule is O=S(=O)(Cc1ccc(Br)cc1)Nc1ccc(OC(F)(F)F)cc1. The topological polar surface area (TPSA) is 55.4 Å². The number of sulfonamides is 1. The Kier molecular flexibility index (Phi) is 5.20. The van der Waals surface area contributed by atoms with Crippen LogP contribution in [0.25, 0.3) is 0 Å². The number of alkyl halides is 3. The maximum Gasteiger partial charge on any atom is 0.573 e. The summed E-state index contributed by atoms with van der Waals surface area (Å²) in [4.78, 5) is 0. The molecule has 0 unspecified atom stereocenters. The maximum atomic E-state index is 12.0. The lowest BCUT2D eigenvalue weighted by Crippen LogP contribution is -2.17. The maximum absolute atomic E-state index is 12.0. The molecular formula is C14H11BrF3NO3S. The lowest BCUT2D eigenvalue weighted by atomic mass is 10.2. The highest BCUT2D eigenvalue weighted by Gasteiger charge is 2.31. The Balaban J connectivity index is 2.04. The van der Waals surface area contributed by atoms with E-state index in [1.54, 1.807) is 24.3 Å². The molecular weight excluding hydrogens is 399 g/mol. The Morgan fingerprint density at radius 3 is 2.09 bits per heavy atom. The van der Waals surface area contributed by atoms with Gasteiger partial charge < -0.3 is 4.74 Å². The number of benzene rings is 2. The molecule has 0 aliphatic carbocycles. The molecule has 0 radical (unpaired) electrons. The van der Waals surface area contributed by atoms with Gasteiger partial charge in [-0.25, -0.2) is 8.42 Å². The van der Waals surface area contributed by atoms with Crippen LogP contribution in [0, 0.1) is 0 Å². The van der Waals surface area contributed by atoms with E-state index in [1.165, 1.54) is 12.1 Å². The van der Waals surface area contributed by atoms with E-state index in [0.717, 1.165) is 16.6 Å². The Bertz CT molecular complexity index is 759. The van der Waals surface area contributed by atoms with E-state index >= 15 is 0 Å². The molecule has 0 saturated heterocycles. The van der Waals surface area contributed by atoms with E-state index in [2.05, 4.69) is 25.4 Å². The van der Waals surface area contributed by atoms with E-state index in [-0.39, 0.29) is 11.4 Å². The fourth-order valence-corrected chi connectivity index (χ4v) is 3.20. The second-order valence-electron chi connectivity index (χ2n) is 4.56. The first-order chi connectivity index (χ1) is 10.6. The summed E-state index contributed by atoms with van der Waals surface area (Å²) >= 11 is 3.25. The molecule has 9 heteroatoms. The van der Waals surface area contributed by atoms with Crippen LogP contribution in [0.3, 0.4) is 0 Å². The average Bonchev–Trinajstić information content (AvgIpc) is 2.41. The molecule has 4 nitrogen and oxygen atoms in total. The highest BCUT2D eigenvalue weighted by molar-refractivity contribution is 9.10. The third-order valence-electron chi connectivity index (χ3n) is 2.63. The molecule has 0 spiro atoms. The van der Waals surface area contributed by atoms with Crippen LogP contribution >= 0.6 is 15.9 Å². The molecule has 23 heavy (non-hydrogen) atoms. The van der Waals surface area contributed by atoms with Crippen molar-refractivity contribution in [3.63, 3.8) is 0 Å². The van der Waals surface area contributed by atoms with Gasteiger partial charge in [0.25, 0.3) is 0 Å². The Morgan fingerprint density at radius 2 is 1.57 bits per heavy atom. The van der Waals surface area contributed by atoms with Crippen LogP contribution in [0.15, 0.2) is 53.0 Å². The summed E-state index contributed by atoms with van der Waals surface area (Å²) in [6.45, 7) is 0. The minimum atomic E-state index is -4.79. The van der Waals surface area contributed by atoms with Crippen molar-refractivity contribution < 1.29 is 26.3 Å². The van der Waals surface area contributed by atoms with Crippen molar-refractivity contribution in [2.75, 3.05) is 4.72 Å². The average molecular weight is 410 g/mol. The minimum absolute atomic E-state index is 0.150. The number of hydrogen-bond donors (Lipinski definition) is 1. The first-order valence-electron chi connectivity index (χ1n) is 6.24. The second kappa shape index (κ2) is 6.79. The zero-order valence-corrected chi connectivity index (χ0v) is 13.9. The smallest absolute Gasteiger partial charge is 0.406 e. The molecule has 124 valence electrons. The quantitative estimate of drug-likeness (QED) is 0.801. The predicted octanol–water partition coefficient (Wildman–Crippen LogP) is 4.29. The van der Waals surface area contributed by atoms with Gasteiger partial charge in [-0.3, -0.25) is 4.72 Å². The molecule has 1 N–H and O–H groups in total. The van der Waals surface area contributed by atoms with Gasteiger partial charge in [0, 0.05) is 10.2 Å². The van der Waals surface area contributed by atoms with Crippen molar-refractivity contribution in [2.45, 2.75) is 12.1 Å². The van der Waals surface area contributed by atoms with Crippen LogP contribution in [0.1, 0.15) is 5.56 Å². The van der Waals surface area contributed by atoms with E-state index in [1.807, 2.05) is 0 Å². The van der Waals surface area contributed by atoms with Gasteiger partial charge in [0.15, 0.2) is 0 Å². The zero-order valence-electron chi connectivity index (χ0n) is 11.5. The molecule has 2 rings (SSSR count). The van der Waals surface area contributed by atoms with Gasteiger partial charge in [-0.05, 0) is 42.0 Å². The van der Waals surface area contributed by atoms with E-state index in [9.17, 15) is 21.6 Å². The summed E-state index contributed by atoms with van der Waals surface area (Å²) in [6, 6.07) is 11.2. The number of rotatable bonds is 5. The van der Waals surface area contributed by atoms with Crippen molar-refractivity contribution in [3.8, 4) is 5.75 Å². The number of halogens is 4. The molecule has 0 heterocycles. The monoisotopic (exact) mass is 409 g/mol. The molecule has 2 aromatic carbocycles. The second-order valence-corrected chi connectivity index (χ2v) is 7.20. The van der Waals surface area contributed by atoms with Crippen LogP contribution in [0.2, 0.25) is 0 Å². The Hall–Kier alpha value is -1.74. The summed E-state index contributed by atoms with van der Waals surface area (Å²) in [5, 5.41) is 0. The van der Waals surface area contributed by atoms with E-state index < -0.39 is 22.1 Å². The van der Waals surface area contributed by atoms with Crippen molar-refractivity contribution in [1.29, 1.82) is 0 Å². The van der Waals surface area contributed by atoms with Gasteiger partial charge in [0.05, 0.1) is 5.75 Å². The summed E-state index contributed by atoms with van der Waals surface area (Å²) in [6.07, 6.45) is -4.79.